The SMILES string of the molecule is CC1(C)O[C@@H]2[C@@H](CO[C@@]3(CN4CCC(NCC(=O)N5C[C@@](C)(F)C[C@H]5C#N)CC4)OC(C)(C)O[C@@H]23)O1. The number of hydrogen-bond acceptors (Lipinski definition) is 9. The van der Waals surface area contributed by atoms with E-state index < -0.39 is 35.2 Å². The minimum atomic E-state index is -1.51. The van der Waals surface area contributed by atoms with E-state index in [1.807, 2.05) is 27.7 Å². The van der Waals surface area contributed by atoms with Gasteiger partial charge in [-0.25, -0.2) is 4.39 Å². The van der Waals surface area contributed by atoms with Gasteiger partial charge in [0.15, 0.2) is 11.6 Å². The van der Waals surface area contributed by atoms with Crippen LogP contribution in [0, 0.1) is 11.3 Å². The fourth-order valence-corrected chi connectivity index (χ4v) is 6.32. The summed E-state index contributed by atoms with van der Waals surface area (Å²) in [7, 11) is 0. The number of carbonyl (C=O) groups excluding carboxylic acids is 1. The predicted octanol–water partition coefficient (Wildman–Crippen LogP) is 1.29. The van der Waals surface area contributed by atoms with Crippen LogP contribution in [0.2, 0.25) is 0 Å². The van der Waals surface area contributed by atoms with Crippen molar-refractivity contribution >= 4 is 5.91 Å². The fourth-order valence-electron chi connectivity index (χ4n) is 6.32. The highest BCUT2D eigenvalue weighted by Crippen LogP contribution is 2.48. The van der Waals surface area contributed by atoms with Crippen LogP contribution in [0.4, 0.5) is 4.39 Å². The van der Waals surface area contributed by atoms with E-state index in [1.54, 1.807) is 0 Å². The summed E-state index contributed by atoms with van der Waals surface area (Å²) in [5.41, 5.74) is -1.51. The Morgan fingerprint density at radius 2 is 1.83 bits per heavy atom. The van der Waals surface area contributed by atoms with Gasteiger partial charge >= 0.3 is 0 Å². The number of alkyl halides is 1. The Labute approximate surface area is 212 Å². The maximum absolute atomic E-state index is 14.3. The van der Waals surface area contributed by atoms with Gasteiger partial charge in [0, 0.05) is 12.5 Å². The number of carbonyl (C=O) groups is 1. The molecule has 0 aromatic heterocycles. The smallest absolute Gasteiger partial charge is 0.237 e. The fraction of sp³-hybridized carbons (Fsp3) is 0.920. The van der Waals surface area contributed by atoms with E-state index in [2.05, 4.69) is 16.3 Å². The summed E-state index contributed by atoms with van der Waals surface area (Å²) in [5.74, 6) is -2.66. The Kier molecular flexibility index (Phi) is 6.64. The zero-order chi connectivity index (χ0) is 25.9. The van der Waals surface area contributed by atoms with E-state index in [0.717, 1.165) is 25.9 Å². The van der Waals surface area contributed by atoms with Gasteiger partial charge in [-0.2, -0.15) is 5.26 Å². The first-order valence-electron chi connectivity index (χ1n) is 13.0. The van der Waals surface area contributed by atoms with Crippen molar-refractivity contribution < 1.29 is 32.9 Å². The van der Waals surface area contributed by atoms with Crippen LogP contribution in [-0.4, -0.2) is 108 Å². The number of rotatable bonds is 5. The number of nitrogens with one attached hydrogen (secondary N) is 1. The molecule has 0 spiro atoms. The molecule has 10 nitrogen and oxygen atoms in total. The van der Waals surface area contributed by atoms with Crippen molar-refractivity contribution in [2.75, 3.05) is 39.3 Å². The summed E-state index contributed by atoms with van der Waals surface area (Å²) < 4.78 is 45.5. The zero-order valence-electron chi connectivity index (χ0n) is 21.9. The zero-order valence-corrected chi connectivity index (χ0v) is 21.9. The number of fused-ring (bicyclic) bond motifs is 3. The molecule has 5 fully saturated rings. The first-order valence-corrected chi connectivity index (χ1v) is 13.0. The van der Waals surface area contributed by atoms with Crippen molar-refractivity contribution in [3.63, 3.8) is 0 Å². The van der Waals surface area contributed by atoms with Crippen LogP contribution in [0.25, 0.3) is 0 Å². The maximum Gasteiger partial charge on any atom is 0.237 e. The van der Waals surface area contributed by atoms with Crippen LogP contribution in [0.5, 0.6) is 0 Å². The van der Waals surface area contributed by atoms with E-state index in [4.69, 9.17) is 23.7 Å². The number of amides is 1. The van der Waals surface area contributed by atoms with Gasteiger partial charge in [-0.1, -0.05) is 0 Å². The molecule has 5 saturated heterocycles. The summed E-state index contributed by atoms with van der Waals surface area (Å²) in [4.78, 5) is 16.3. The molecular formula is C25H39FN4O6. The molecule has 0 aromatic rings. The largest absolute Gasteiger partial charge is 0.343 e. The number of ether oxygens (including phenoxy) is 5. The summed E-state index contributed by atoms with van der Waals surface area (Å²) in [6.07, 6.45) is 0.886. The number of hydrogen-bond donors (Lipinski definition) is 1. The summed E-state index contributed by atoms with van der Waals surface area (Å²) in [6, 6.07) is 1.52. The van der Waals surface area contributed by atoms with Crippen LogP contribution in [0.3, 0.4) is 0 Å². The second kappa shape index (κ2) is 9.12. The lowest BCUT2D eigenvalue weighted by atomic mass is 9.95. The first-order chi connectivity index (χ1) is 16.8. The number of nitrogens with zero attached hydrogens (tertiary/aromatic N) is 3. The highest BCUT2D eigenvalue weighted by atomic mass is 19.1. The van der Waals surface area contributed by atoms with E-state index >= 15 is 0 Å². The Hall–Kier alpha value is -1.39. The first kappa shape index (κ1) is 26.2. The molecule has 5 heterocycles. The van der Waals surface area contributed by atoms with Crippen molar-refractivity contribution in [3.8, 4) is 6.07 Å². The van der Waals surface area contributed by atoms with Gasteiger partial charge in [0.2, 0.25) is 11.7 Å². The molecular weight excluding hydrogens is 471 g/mol. The van der Waals surface area contributed by atoms with E-state index in [1.165, 1.54) is 11.8 Å². The third-order valence-corrected chi connectivity index (χ3v) is 7.81. The number of halogens is 1. The van der Waals surface area contributed by atoms with E-state index in [0.29, 0.717) is 13.2 Å². The van der Waals surface area contributed by atoms with Crippen molar-refractivity contribution in [2.45, 2.75) is 107 Å². The number of piperidine rings is 1. The van der Waals surface area contributed by atoms with Gasteiger partial charge in [0.25, 0.3) is 0 Å². The minimum absolute atomic E-state index is 0.0281. The molecule has 1 N–H and O–H groups in total. The summed E-state index contributed by atoms with van der Waals surface area (Å²) in [5, 5.41) is 12.6. The predicted molar refractivity (Wildman–Crippen MR) is 125 cm³/mol. The van der Waals surface area contributed by atoms with Crippen molar-refractivity contribution in [2.24, 2.45) is 0 Å². The second-order valence-corrected chi connectivity index (χ2v) is 12.0. The molecule has 5 rings (SSSR count). The summed E-state index contributed by atoms with van der Waals surface area (Å²) >= 11 is 0. The minimum Gasteiger partial charge on any atom is -0.343 e. The van der Waals surface area contributed by atoms with Crippen LogP contribution in [0.1, 0.15) is 53.9 Å². The molecule has 36 heavy (non-hydrogen) atoms. The van der Waals surface area contributed by atoms with Crippen molar-refractivity contribution in [1.29, 1.82) is 5.26 Å². The average Bonchev–Trinajstić information content (AvgIpc) is 3.38. The lowest BCUT2D eigenvalue weighted by Crippen LogP contribution is -2.63. The van der Waals surface area contributed by atoms with Crippen molar-refractivity contribution in [1.82, 2.24) is 15.1 Å². The molecule has 0 aliphatic carbocycles. The highest BCUT2D eigenvalue weighted by molar-refractivity contribution is 5.79. The van der Waals surface area contributed by atoms with Crippen LogP contribution in [-0.2, 0) is 28.5 Å². The maximum atomic E-state index is 14.3. The lowest BCUT2D eigenvalue weighted by Gasteiger charge is -2.44. The molecule has 0 saturated carbocycles. The van der Waals surface area contributed by atoms with Gasteiger partial charge in [-0.15, -0.1) is 0 Å². The molecule has 0 aromatic carbocycles. The second-order valence-electron chi connectivity index (χ2n) is 12.0. The monoisotopic (exact) mass is 510 g/mol. The van der Waals surface area contributed by atoms with Crippen LogP contribution < -0.4 is 5.32 Å². The van der Waals surface area contributed by atoms with Crippen LogP contribution >= 0.6 is 0 Å². The Morgan fingerprint density at radius 1 is 1.11 bits per heavy atom. The molecule has 1 amide bonds. The third-order valence-electron chi connectivity index (χ3n) is 7.81. The number of nitriles is 1. The Morgan fingerprint density at radius 3 is 2.53 bits per heavy atom. The van der Waals surface area contributed by atoms with Gasteiger partial charge in [0.05, 0.1) is 32.3 Å². The van der Waals surface area contributed by atoms with Gasteiger partial charge < -0.3 is 33.9 Å². The third kappa shape index (κ3) is 5.14. The van der Waals surface area contributed by atoms with E-state index in [-0.39, 0.29) is 43.7 Å². The highest BCUT2D eigenvalue weighted by Gasteiger charge is 2.65. The van der Waals surface area contributed by atoms with Gasteiger partial charge in [0.1, 0.15) is 30.0 Å². The summed E-state index contributed by atoms with van der Waals surface area (Å²) in [6.45, 7) is 11.6. The van der Waals surface area contributed by atoms with Gasteiger partial charge in [-0.05, 0) is 60.5 Å². The van der Waals surface area contributed by atoms with Crippen LogP contribution in [0.15, 0.2) is 0 Å². The Balaban J connectivity index is 1.14. The average molecular weight is 511 g/mol. The van der Waals surface area contributed by atoms with E-state index in [9.17, 15) is 14.4 Å². The quantitative estimate of drug-likeness (QED) is 0.586. The lowest BCUT2D eigenvalue weighted by molar-refractivity contribution is -0.287. The standard InChI is InChI=1S/C25H39FN4O6/c1-22(2)33-18-13-32-25(21(20(18)34-22)35-23(3,4)36-25)15-29-8-6-16(7-9-29)28-12-19(31)30-14-24(5,26)10-17(30)11-27/h16-18,20-21,28H,6-10,12-15H2,1-5H3/t17-,18+,20+,21-,24-,25-/m0/s1. The molecule has 0 radical (unpaired) electrons. The number of likely N-dealkylation sites (tertiary alicyclic amines) is 2. The van der Waals surface area contributed by atoms with Crippen molar-refractivity contribution in [3.05, 3.63) is 0 Å². The molecule has 5 aliphatic heterocycles. The normalized spacial score (nSPS) is 42.2. The molecule has 5 aliphatic rings. The molecule has 6 atom stereocenters. The topological polar surface area (TPSA) is 106 Å². The molecule has 0 bridgehead atoms. The molecule has 202 valence electrons. The Bertz CT molecular complexity index is 901. The van der Waals surface area contributed by atoms with Gasteiger partial charge in [-0.3, -0.25) is 9.69 Å². The molecule has 11 heteroatoms. The molecule has 0 unspecified atom stereocenters.